The van der Waals surface area contributed by atoms with E-state index in [1.807, 2.05) is 60.7 Å². The number of azide groups is 3. The van der Waals surface area contributed by atoms with Crippen LogP contribution < -0.4 is 5.32 Å². The quantitative estimate of drug-likeness (QED) is 0.0654. The lowest BCUT2D eigenvalue weighted by Gasteiger charge is -2.49. The van der Waals surface area contributed by atoms with Crippen molar-refractivity contribution in [3.63, 3.8) is 0 Å². The van der Waals surface area contributed by atoms with Gasteiger partial charge in [-0.25, -0.2) is 4.79 Å². The SMILES string of the molecule is C=CCOC1[C@@H](OCC=C)C(O[C@@H]2OC(CN=[N+]=[N-])[C@H](OCc3ccccc3)[C@H](OCc3ccccc3)C2N=[N+]=[N-])C(N=[N+]=[N-])C[C@H]1NC(=O)OC(C)(C)C. The largest absolute Gasteiger partial charge is 0.444 e. The first-order valence-electron chi connectivity index (χ1n) is 17.8. The van der Waals surface area contributed by atoms with Gasteiger partial charge in [0.25, 0.3) is 0 Å². The average Bonchev–Trinajstić information content (AvgIpc) is 3.16. The molecule has 0 bridgehead atoms. The number of carbonyl (C=O) groups excluding carboxylic acids is 1. The average molecular weight is 761 g/mol. The number of rotatable bonds is 19. The molecular formula is C37H48N10O8. The van der Waals surface area contributed by atoms with Crippen LogP contribution in [0.2, 0.25) is 0 Å². The molecule has 1 aliphatic heterocycles. The number of alkyl carbamates (subject to hydrolysis) is 1. The third kappa shape index (κ3) is 12.7. The minimum Gasteiger partial charge on any atom is -0.444 e. The molecule has 2 fully saturated rings. The number of carbonyl (C=O) groups is 1. The Morgan fingerprint density at radius 1 is 0.818 bits per heavy atom. The van der Waals surface area contributed by atoms with Crippen LogP contribution in [0.25, 0.3) is 31.3 Å². The van der Waals surface area contributed by atoms with Gasteiger partial charge in [0.05, 0.1) is 57.3 Å². The number of hydrogen-bond donors (Lipinski definition) is 1. The third-order valence-electron chi connectivity index (χ3n) is 8.62. The molecule has 5 unspecified atom stereocenters. The molecule has 0 aromatic heterocycles. The maximum Gasteiger partial charge on any atom is 0.407 e. The lowest BCUT2D eigenvalue weighted by molar-refractivity contribution is -0.303. The van der Waals surface area contributed by atoms with E-state index in [-0.39, 0.29) is 39.4 Å². The highest BCUT2D eigenvalue weighted by molar-refractivity contribution is 5.68. The summed E-state index contributed by atoms with van der Waals surface area (Å²) in [6.45, 7) is 12.8. The van der Waals surface area contributed by atoms with Gasteiger partial charge < -0.3 is 38.5 Å². The number of ether oxygens (including phenoxy) is 7. The van der Waals surface area contributed by atoms with E-state index in [4.69, 9.17) is 33.2 Å². The van der Waals surface area contributed by atoms with E-state index in [1.165, 1.54) is 12.2 Å². The summed E-state index contributed by atoms with van der Waals surface area (Å²) in [6, 6.07) is 15.8. The Bertz CT molecular complexity index is 1680. The zero-order chi connectivity index (χ0) is 39.6. The second kappa shape index (κ2) is 21.7. The molecular weight excluding hydrogens is 712 g/mol. The molecule has 18 heteroatoms. The summed E-state index contributed by atoms with van der Waals surface area (Å²) < 4.78 is 44.0. The normalized spacial score (nSPS) is 27.6. The number of nitrogens with zero attached hydrogens (tertiary/aromatic N) is 9. The minimum atomic E-state index is -1.38. The highest BCUT2D eigenvalue weighted by Gasteiger charge is 2.53. The fraction of sp³-hybridized carbons (Fsp3) is 0.541. The summed E-state index contributed by atoms with van der Waals surface area (Å²) >= 11 is 0. The monoisotopic (exact) mass is 760 g/mol. The maximum atomic E-state index is 13.0. The number of amides is 1. The zero-order valence-corrected chi connectivity index (χ0v) is 31.1. The lowest BCUT2D eigenvalue weighted by Crippen LogP contribution is -2.66. The first-order chi connectivity index (χ1) is 26.6. The van der Waals surface area contributed by atoms with Crippen LogP contribution in [0.3, 0.4) is 0 Å². The van der Waals surface area contributed by atoms with Crippen LogP contribution in [0.5, 0.6) is 0 Å². The van der Waals surface area contributed by atoms with Crippen molar-refractivity contribution in [3.8, 4) is 0 Å². The zero-order valence-electron chi connectivity index (χ0n) is 31.1. The summed E-state index contributed by atoms with van der Waals surface area (Å²) in [5.74, 6) is 0. The molecule has 1 aliphatic carbocycles. The van der Waals surface area contributed by atoms with Gasteiger partial charge in [-0.1, -0.05) is 88.2 Å². The molecule has 18 nitrogen and oxygen atoms in total. The molecule has 294 valence electrons. The van der Waals surface area contributed by atoms with Crippen molar-refractivity contribution in [1.82, 2.24) is 5.32 Å². The Morgan fingerprint density at radius 3 is 1.95 bits per heavy atom. The first kappa shape index (κ1) is 42.6. The van der Waals surface area contributed by atoms with E-state index in [2.05, 4.69) is 48.6 Å². The fourth-order valence-electron chi connectivity index (χ4n) is 6.40. The summed E-state index contributed by atoms with van der Waals surface area (Å²) in [4.78, 5) is 22.2. The van der Waals surface area contributed by atoms with Crippen molar-refractivity contribution in [2.75, 3.05) is 19.8 Å². The minimum absolute atomic E-state index is 0.0175. The van der Waals surface area contributed by atoms with Gasteiger partial charge in [-0.2, -0.15) is 0 Å². The first-order valence-corrected chi connectivity index (χ1v) is 17.8. The molecule has 2 aliphatic rings. The van der Waals surface area contributed by atoms with Crippen LogP contribution in [-0.2, 0) is 46.4 Å². The van der Waals surface area contributed by atoms with Gasteiger partial charge in [-0.15, -0.1) is 13.2 Å². The Morgan fingerprint density at radius 2 is 1.40 bits per heavy atom. The van der Waals surface area contributed by atoms with Crippen LogP contribution in [0.1, 0.15) is 38.3 Å². The molecule has 1 amide bonds. The van der Waals surface area contributed by atoms with Crippen molar-refractivity contribution in [2.45, 2.75) is 107 Å². The van der Waals surface area contributed by atoms with Crippen LogP contribution >= 0.6 is 0 Å². The predicted octanol–water partition coefficient (Wildman–Crippen LogP) is 7.37. The Hall–Kier alpha value is -5.12. The van der Waals surface area contributed by atoms with Gasteiger partial charge in [0.1, 0.15) is 36.1 Å². The second-order valence-electron chi connectivity index (χ2n) is 13.7. The lowest BCUT2D eigenvalue weighted by atomic mass is 9.83. The maximum absolute atomic E-state index is 13.0. The fourth-order valence-corrected chi connectivity index (χ4v) is 6.40. The van der Waals surface area contributed by atoms with Gasteiger partial charge in [-0.05, 0) is 54.9 Å². The molecule has 2 aromatic carbocycles. The van der Waals surface area contributed by atoms with E-state index in [1.54, 1.807) is 20.8 Å². The molecule has 10 atom stereocenters. The van der Waals surface area contributed by atoms with Crippen molar-refractivity contribution in [1.29, 1.82) is 0 Å². The summed E-state index contributed by atoms with van der Waals surface area (Å²) in [5.41, 5.74) is 29.8. The molecule has 2 aromatic rings. The molecule has 55 heavy (non-hydrogen) atoms. The van der Waals surface area contributed by atoms with Crippen LogP contribution in [0, 0.1) is 0 Å². The Kier molecular flexibility index (Phi) is 16.8. The van der Waals surface area contributed by atoms with E-state index in [0.717, 1.165) is 11.1 Å². The molecule has 1 saturated carbocycles. The van der Waals surface area contributed by atoms with Gasteiger partial charge in [0.15, 0.2) is 6.29 Å². The molecule has 1 N–H and O–H groups in total. The number of nitrogens with one attached hydrogen (secondary N) is 1. The van der Waals surface area contributed by atoms with Crippen molar-refractivity contribution in [3.05, 3.63) is 128 Å². The standard InChI is InChI=1S/C37H48N10O8/c1-6-18-49-30-26(42-36(48)55-37(3,4)5)20-27(43-46-39)31(34(30)50-19-7-2)54-35-29(44-47-40)33(52-23-25-16-12-9-13-17-25)32(28(53-35)21-41-45-38)51-22-24-14-10-8-11-15-24/h6-17,26-35H,1-2,18-23H2,3-5H3,(H,42,48)/t26-,27?,28?,29?,30?,31?,32+,33-,34-,35+/m1/s1. The molecule has 1 saturated heterocycles. The predicted molar refractivity (Wildman–Crippen MR) is 201 cm³/mol. The number of hydrogen-bond acceptors (Lipinski definition) is 11. The van der Waals surface area contributed by atoms with E-state index in [0.29, 0.717) is 0 Å². The summed E-state index contributed by atoms with van der Waals surface area (Å²) in [5, 5.41) is 14.8. The Balaban J connectivity index is 1.76. The number of benzene rings is 2. The van der Waals surface area contributed by atoms with Crippen molar-refractivity contribution in [2.24, 2.45) is 15.3 Å². The van der Waals surface area contributed by atoms with Gasteiger partial charge in [0.2, 0.25) is 0 Å². The molecule has 4 rings (SSSR count). The Labute approximate surface area is 319 Å². The molecule has 0 spiro atoms. The van der Waals surface area contributed by atoms with Crippen LogP contribution in [0.15, 0.2) is 101 Å². The molecule has 0 radical (unpaired) electrons. The van der Waals surface area contributed by atoms with Crippen LogP contribution in [-0.4, -0.2) is 92.5 Å². The second-order valence-corrected chi connectivity index (χ2v) is 13.7. The summed E-state index contributed by atoms with van der Waals surface area (Å²) in [7, 11) is 0. The van der Waals surface area contributed by atoms with Gasteiger partial charge >= 0.3 is 6.09 Å². The van der Waals surface area contributed by atoms with E-state index >= 15 is 0 Å². The van der Waals surface area contributed by atoms with E-state index in [9.17, 15) is 21.4 Å². The smallest absolute Gasteiger partial charge is 0.407 e. The van der Waals surface area contributed by atoms with E-state index < -0.39 is 72.7 Å². The summed E-state index contributed by atoms with van der Waals surface area (Å²) in [6.07, 6.45) is -4.91. The van der Waals surface area contributed by atoms with Gasteiger partial charge in [0, 0.05) is 14.7 Å². The third-order valence-corrected chi connectivity index (χ3v) is 8.62. The van der Waals surface area contributed by atoms with Crippen LogP contribution in [0.4, 0.5) is 4.79 Å². The van der Waals surface area contributed by atoms with Gasteiger partial charge in [-0.3, -0.25) is 0 Å². The van der Waals surface area contributed by atoms with Crippen molar-refractivity contribution >= 4 is 6.09 Å². The highest BCUT2D eigenvalue weighted by atomic mass is 16.7. The topological polar surface area (TPSA) is 240 Å². The molecule has 1 heterocycles. The van der Waals surface area contributed by atoms with Crippen molar-refractivity contribution < 1.29 is 38.0 Å². The highest BCUT2D eigenvalue weighted by Crippen LogP contribution is 2.36.